The first kappa shape index (κ1) is 18.4. The van der Waals surface area contributed by atoms with E-state index in [1.807, 2.05) is 0 Å². The quantitative estimate of drug-likeness (QED) is 0.630. The van der Waals surface area contributed by atoms with E-state index in [0.29, 0.717) is 23.9 Å². The van der Waals surface area contributed by atoms with Crippen molar-refractivity contribution in [3.05, 3.63) is 39.4 Å². The lowest BCUT2D eigenvalue weighted by atomic mass is 10.0. The van der Waals surface area contributed by atoms with Gasteiger partial charge in [0.2, 0.25) is 0 Å². The predicted molar refractivity (Wildman–Crippen MR) is 72.2 cm³/mol. The number of carbonyl (C=O) groups is 1. The van der Waals surface area contributed by atoms with Crippen LogP contribution in [0.5, 0.6) is 0 Å². The van der Waals surface area contributed by atoms with Crippen molar-refractivity contribution in [1.29, 1.82) is 0 Å². The molecule has 0 aliphatic heterocycles. The van der Waals surface area contributed by atoms with Gasteiger partial charge in [-0.2, -0.15) is 13.2 Å². The van der Waals surface area contributed by atoms with Crippen molar-refractivity contribution >= 4 is 22.6 Å². The van der Waals surface area contributed by atoms with Gasteiger partial charge in [0.1, 0.15) is 6.10 Å². The van der Waals surface area contributed by atoms with Gasteiger partial charge in [0, 0.05) is 18.7 Å². The van der Waals surface area contributed by atoms with Crippen LogP contribution in [0.25, 0.3) is 0 Å². The summed E-state index contributed by atoms with van der Waals surface area (Å²) in [6, 6.07) is 1.62. The maximum atomic E-state index is 12.6. The zero-order valence-corrected chi connectivity index (χ0v) is 12.0. The summed E-state index contributed by atoms with van der Waals surface area (Å²) in [6.45, 7) is 1.23. The molecule has 1 rings (SSSR count). The zero-order valence-electron chi connectivity index (χ0n) is 11.2. The van der Waals surface area contributed by atoms with Gasteiger partial charge in [0.25, 0.3) is 5.69 Å². The summed E-state index contributed by atoms with van der Waals surface area (Å²) in [5.41, 5.74) is -2.63. The summed E-state index contributed by atoms with van der Waals surface area (Å²) in [5.74, 6) is -0.241. The van der Waals surface area contributed by atoms with E-state index in [4.69, 9.17) is 0 Å². The molecule has 2 unspecified atom stereocenters. The van der Waals surface area contributed by atoms with Gasteiger partial charge >= 0.3 is 6.18 Å². The summed E-state index contributed by atoms with van der Waals surface area (Å²) < 4.78 is 37.7. The molecule has 2 N–H and O–H groups in total. The molecular weight excluding hydrogens is 327 g/mol. The fourth-order valence-corrected chi connectivity index (χ4v) is 2.22. The molecule has 1 aromatic rings. The second-order valence-corrected chi connectivity index (χ2v) is 5.54. The molecule has 1 aromatic carbocycles. The second-order valence-electron chi connectivity index (χ2n) is 4.34. The lowest BCUT2D eigenvalue weighted by Crippen LogP contribution is -2.22. The first-order chi connectivity index (χ1) is 10.0. The first-order valence-corrected chi connectivity index (χ1v) is 6.87. The number of hydrogen-bond acceptors (Lipinski definition) is 6. The van der Waals surface area contributed by atoms with Crippen LogP contribution in [0.2, 0.25) is 0 Å². The first-order valence-electron chi connectivity index (χ1n) is 5.89. The van der Waals surface area contributed by atoms with Crippen molar-refractivity contribution in [2.45, 2.75) is 25.3 Å². The number of rotatable bonds is 5. The lowest BCUT2D eigenvalue weighted by molar-refractivity contribution is -0.386. The highest BCUT2D eigenvalue weighted by atomic mass is 32.2. The molecule has 0 spiro atoms. The maximum absolute atomic E-state index is 12.6. The Morgan fingerprint density at radius 3 is 2.45 bits per heavy atom. The highest BCUT2D eigenvalue weighted by Crippen LogP contribution is 2.35. The van der Waals surface area contributed by atoms with Crippen LogP contribution in [-0.2, 0) is 11.0 Å². The fourth-order valence-electron chi connectivity index (χ4n) is 1.63. The van der Waals surface area contributed by atoms with Crippen molar-refractivity contribution in [2.24, 2.45) is 0 Å². The van der Waals surface area contributed by atoms with Crippen molar-refractivity contribution in [2.75, 3.05) is 5.75 Å². The number of nitrogens with zero attached hydrogens (tertiary/aromatic N) is 1. The van der Waals surface area contributed by atoms with E-state index in [-0.39, 0.29) is 10.9 Å². The topological polar surface area (TPSA) is 101 Å². The Labute approximate surface area is 127 Å². The summed E-state index contributed by atoms with van der Waals surface area (Å²) in [6.07, 6.45) is -8.09. The Kier molecular flexibility index (Phi) is 5.92. The molecule has 22 heavy (non-hydrogen) atoms. The second kappa shape index (κ2) is 7.07. The van der Waals surface area contributed by atoms with Gasteiger partial charge in [-0.25, -0.2) is 0 Å². The molecule has 0 aliphatic rings. The molecule has 0 bridgehead atoms. The zero-order chi connectivity index (χ0) is 17.1. The largest absolute Gasteiger partial charge is 0.416 e. The minimum atomic E-state index is -4.77. The average molecular weight is 339 g/mol. The van der Waals surface area contributed by atoms with E-state index in [0.717, 1.165) is 6.07 Å². The van der Waals surface area contributed by atoms with Crippen LogP contribution < -0.4 is 0 Å². The van der Waals surface area contributed by atoms with Gasteiger partial charge in [-0.1, -0.05) is 11.8 Å². The van der Waals surface area contributed by atoms with Gasteiger partial charge in [0.15, 0.2) is 5.12 Å². The van der Waals surface area contributed by atoms with Gasteiger partial charge in [-0.3, -0.25) is 14.9 Å². The molecule has 0 radical (unpaired) electrons. The van der Waals surface area contributed by atoms with Gasteiger partial charge in [0.05, 0.1) is 22.2 Å². The molecule has 0 heterocycles. The standard InChI is InChI=1S/C12H12F3NO5S/c1-6(17)22-5-10(18)11(19)8-3-2-7(12(13,14)15)4-9(8)16(20)21/h2-4,10-11,18-19H,5H2,1H3. The minimum absolute atomic E-state index is 0.241. The maximum Gasteiger partial charge on any atom is 0.416 e. The van der Waals surface area contributed by atoms with E-state index in [2.05, 4.69) is 0 Å². The number of halogens is 3. The number of nitro benzene ring substituents is 1. The van der Waals surface area contributed by atoms with Crippen molar-refractivity contribution in [3.63, 3.8) is 0 Å². The predicted octanol–water partition coefficient (Wildman–Crippen LogP) is 2.29. The number of aliphatic hydroxyl groups excluding tert-OH is 2. The number of benzene rings is 1. The number of carbonyl (C=O) groups excluding carboxylic acids is 1. The Morgan fingerprint density at radius 2 is 2.00 bits per heavy atom. The van der Waals surface area contributed by atoms with E-state index in [1.54, 1.807) is 0 Å². The SMILES string of the molecule is CC(=O)SCC(O)C(O)c1ccc(C(F)(F)F)cc1[N+](=O)[O-]. The third kappa shape index (κ3) is 4.68. The molecule has 0 amide bonds. The molecular formula is C12H12F3NO5S. The average Bonchev–Trinajstić information content (AvgIpc) is 2.42. The van der Waals surface area contributed by atoms with Crippen molar-refractivity contribution < 1.29 is 33.1 Å². The highest BCUT2D eigenvalue weighted by Gasteiger charge is 2.35. The van der Waals surface area contributed by atoms with Crippen LogP contribution in [0.3, 0.4) is 0 Å². The smallest absolute Gasteiger partial charge is 0.389 e. The summed E-state index contributed by atoms with van der Waals surface area (Å²) in [4.78, 5) is 20.6. The highest BCUT2D eigenvalue weighted by molar-refractivity contribution is 8.13. The summed E-state index contributed by atoms with van der Waals surface area (Å²) in [7, 11) is 0. The fraction of sp³-hybridized carbons (Fsp3) is 0.417. The normalized spacial score (nSPS) is 14.5. The molecule has 0 saturated heterocycles. The number of nitro groups is 1. The Balaban J connectivity index is 3.12. The van der Waals surface area contributed by atoms with E-state index in [9.17, 15) is 38.3 Å². The van der Waals surface area contributed by atoms with Crippen LogP contribution in [0, 0.1) is 10.1 Å². The molecule has 122 valence electrons. The van der Waals surface area contributed by atoms with Gasteiger partial charge in [-0.15, -0.1) is 0 Å². The Hall–Kier alpha value is -1.65. The van der Waals surface area contributed by atoms with Crippen LogP contribution in [-0.4, -0.2) is 32.1 Å². The van der Waals surface area contributed by atoms with Crippen LogP contribution in [0.4, 0.5) is 18.9 Å². The Morgan fingerprint density at radius 1 is 1.41 bits per heavy atom. The molecule has 10 heteroatoms. The number of aliphatic hydroxyl groups is 2. The van der Waals surface area contributed by atoms with Crippen LogP contribution >= 0.6 is 11.8 Å². The molecule has 2 atom stereocenters. The monoisotopic (exact) mass is 339 g/mol. The molecule has 0 aliphatic carbocycles. The minimum Gasteiger partial charge on any atom is -0.389 e. The van der Waals surface area contributed by atoms with Crippen molar-refractivity contribution in [1.82, 2.24) is 0 Å². The summed E-state index contributed by atoms with van der Waals surface area (Å²) in [5, 5.41) is 30.1. The third-order valence-corrected chi connectivity index (χ3v) is 3.61. The summed E-state index contributed by atoms with van der Waals surface area (Å²) >= 11 is 0.685. The van der Waals surface area contributed by atoms with Gasteiger partial charge < -0.3 is 10.2 Å². The van der Waals surface area contributed by atoms with Crippen LogP contribution in [0.1, 0.15) is 24.2 Å². The molecule has 0 saturated carbocycles. The van der Waals surface area contributed by atoms with Crippen molar-refractivity contribution in [3.8, 4) is 0 Å². The Bertz CT molecular complexity index is 578. The molecule has 0 aromatic heterocycles. The lowest BCUT2D eigenvalue weighted by Gasteiger charge is -2.18. The van der Waals surface area contributed by atoms with E-state index in [1.165, 1.54) is 6.92 Å². The van der Waals surface area contributed by atoms with Crippen LogP contribution in [0.15, 0.2) is 18.2 Å². The van der Waals surface area contributed by atoms with Gasteiger partial charge in [-0.05, 0) is 12.1 Å². The molecule has 0 fully saturated rings. The number of alkyl halides is 3. The number of hydrogen-bond donors (Lipinski definition) is 2. The van der Waals surface area contributed by atoms with E-state index < -0.39 is 40.1 Å². The molecule has 6 nitrogen and oxygen atoms in total. The number of thioether (sulfide) groups is 1. The van der Waals surface area contributed by atoms with E-state index >= 15 is 0 Å². The third-order valence-electron chi connectivity index (χ3n) is 2.69.